The molecule has 0 saturated carbocycles. The Morgan fingerprint density at radius 3 is 2.81 bits per heavy atom. The second kappa shape index (κ2) is 6.10. The molecule has 0 aliphatic carbocycles. The molecule has 3 aromatic rings. The molecule has 0 amide bonds. The molecule has 21 heavy (non-hydrogen) atoms. The van der Waals surface area contributed by atoms with Crippen molar-refractivity contribution in [3.63, 3.8) is 0 Å². The fraction of sp³-hybridized carbons (Fsp3) is 0.0625. The highest BCUT2D eigenvalue weighted by Gasteiger charge is 2.08. The fourth-order valence-corrected chi connectivity index (χ4v) is 2.24. The smallest absolute Gasteiger partial charge is 0.226 e. The Morgan fingerprint density at radius 1 is 1.14 bits per heavy atom. The van der Waals surface area contributed by atoms with Gasteiger partial charge in [-0.15, -0.1) is 0 Å². The Labute approximate surface area is 129 Å². The zero-order valence-electron chi connectivity index (χ0n) is 10.9. The highest BCUT2D eigenvalue weighted by Crippen LogP contribution is 2.25. The van der Waals surface area contributed by atoms with E-state index < -0.39 is 0 Å². The Morgan fingerprint density at radius 2 is 2.00 bits per heavy atom. The quantitative estimate of drug-likeness (QED) is 0.678. The molecule has 0 unspecified atom stereocenters. The number of rotatable bonds is 4. The van der Waals surface area contributed by atoms with Crippen LogP contribution in [-0.4, -0.2) is 4.98 Å². The van der Waals surface area contributed by atoms with Crippen LogP contribution in [0.15, 0.2) is 63.7 Å². The maximum Gasteiger partial charge on any atom is 0.226 e. The Kier molecular flexibility index (Phi) is 4.01. The molecule has 3 rings (SSSR count). The summed E-state index contributed by atoms with van der Waals surface area (Å²) in [5, 5.41) is 0. The van der Waals surface area contributed by atoms with Gasteiger partial charge in [-0.3, -0.25) is 0 Å². The van der Waals surface area contributed by atoms with Gasteiger partial charge in [0, 0.05) is 5.56 Å². The number of oxazole rings is 1. The molecule has 0 N–H and O–H groups in total. The lowest BCUT2D eigenvalue weighted by atomic mass is 10.2. The summed E-state index contributed by atoms with van der Waals surface area (Å²) in [5.41, 5.74) is 1.24. The molecule has 0 spiro atoms. The number of hydrogen-bond acceptors (Lipinski definition) is 3. The predicted octanol–water partition coefficient (Wildman–Crippen LogP) is 4.82. The molecule has 1 aromatic heterocycles. The van der Waals surface area contributed by atoms with Crippen LogP contribution in [0.2, 0.25) is 0 Å². The van der Waals surface area contributed by atoms with Gasteiger partial charge < -0.3 is 9.15 Å². The van der Waals surface area contributed by atoms with Crippen molar-refractivity contribution in [1.82, 2.24) is 4.98 Å². The van der Waals surface area contributed by atoms with E-state index in [0.717, 1.165) is 10.2 Å². The van der Waals surface area contributed by atoms with E-state index in [0.29, 0.717) is 17.1 Å². The highest BCUT2D eigenvalue weighted by atomic mass is 79.9. The van der Waals surface area contributed by atoms with Crippen LogP contribution in [0.1, 0.15) is 5.69 Å². The van der Waals surface area contributed by atoms with E-state index in [1.807, 2.05) is 24.3 Å². The molecule has 5 heteroatoms. The number of benzene rings is 2. The summed E-state index contributed by atoms with van der Waals surface area (Å²) in [6.07, 6.45) is 1.51. The SMILES string of the molecule is Fc1cccc(-c2nc(COc3ccccc3Br)co2)c1. The molecule has 0 aliphatic heterocycles. The van der Waals surface area contributed by atoms with Gasteiger partial charge >= 0.3 is 0 Å². The minimum atomic E-state index is -0.322. The van der Waals surface area contributed by atoms with Crippen molar-refractivity contribution in [2.45, 2.75) is 6.61 Å². The van der Waals surface area contributed by atoms with Crippen LogP contribution in [-0.2, 0) is 6.61 Å². The van der Waals surface area contributed by atoms with Gasteiger partial charge in [0.1, 0.15) is 30.1 Å². The first-order chi connectivity index (χ1) is 10.2. The first-order valence-electron chi connectivity index (χ1n) is 6.30. The number of hydrogen-bond donors (Lipinski definition) is 0. The predicted molar refractivity (Wildman–Crippen MR) is 80.4 cm³/mol. The summed E-state index contributed by atoms with van der Waals surface area (Å²) < 4.78 is 25.1. The van der Waals surface area contributed by atoms with Gasteiger partial charge in [-0.1, -0.05) is 18.2 Å². The third kappa shape index (κ3) is 3.31. The van der Waals surface area contributed by atoms with Gasteiger partial charge in [-0.25, -0.2) is 9.37 Å². The molecule has 0 radical (unpaired) electrons. The van der Waals surface area contributed by atoms with Crippen molar-refractivity contribution in [3.8, 4) is 17.2 Å². The van der Waals surface area contributed by atoms with Crippen molar-refractivity contribution >= 4 is 15.9 Å². The molecule has 1 heterocycles. The summed E-state index contributed by atoms with van der Waals surface area (Å²) in [4.78, 5) is 4.29. The van der Waals surface area contributed by atoms with Crippen molar-refractivity contribution in [2.24, 2.45) is 0 Å². The summed E-state index contributed by atoms with van der Waals surface area (Å²) in [6.45, 7) is 0.279. The summed E-state index contributed by atoms with van der Waals surface area (Å²) in [6, 6.07) is 13.7. The molecule has 0 atom stereocenters. The standard InChI is InChI=1S/C16H11BrFNO2/c17-14-6-1-2-7-15(14)20-9-13-10-21-16(19-13)11-4-3-5-12(18)8-11/h1-8,10H,9H2. The third-order valence-corrected chi connectivity index (χ3v) is 3.49. The maximum atomic E-state index is 13.2. The number of halogens is 2. The van der Waals surface area contributed by atoms with Crippen LogP contribution >= 0.6 is 15.9 Å². The average molecular weight is 348 g/mol. The number of para-hydroxylation sites is 1. The van der Waals surface area contributed by atoms with Gasteiger partial charge in [-0.2, -0.15) is 0 Å². The van der Waals surface area contributed by atoms with Crippen LogP contribution in [0.25, 0.3) is 11.5 Å². The highest BCUT2D eigenvalue weighted by molar-refractivity contribution is 9.10. The first-order valence-corrected chi connectivity index (χ1v) is 7.09. The largest absolute Gasteiger partial charge is 0.486 e. The first kappa shape index (κ1) is 13.8. The van der Waals surface area contributed by atoms with Crippen molar-refractivity contribution in [3.05, 3.63) is 70.8 Å². The van der Waals surface area contributed by atoms with Gasteiger partial charge in [0.2, 0.25) is 5.89 Å². The van der Waals surface area contributed by atoms with E-state index >= 15 is 0 Å². The maximum absolute atomic E-state index is 13.2. The molecular weight excluding hydrogens is 337 g/mol. The minimum absolute atomic E-state index is 0.279. The number of nitrogens with zero attached hydrogens (tertiary/aromatic N) is 1. The van der Waals surface area contributed by atoms with E-state index in [1.54, 1.807) is 12.1 Å². The summed E-state index contributed by atoms with van der Waals surface area (Å²) in [5.74, 6) is 0.782. The van der Waals surface area contributed by atoms with Crippen molar-refractivity contribution < 1.29 is 13.5 Å². The second-order valence-electron chi connectivity index (χ2n) is 4.37. The average Bonchev–Trinajstić information content (AvgIpc) is 2.95. The number of ether oxygens (including phenoxy) is 1. The topological polar surface area (TPSA) is 35.3 Å². The molecule has 0 bridgehead atoms. The lowest BCUT2D eigenvalue weighted by molar-refractivity contribution is 0.299. The van der Waals surface area contributed by atoms with Gasteiger partial charge in [0.15, 0.2) is 0 Å². The lowest BCUT2D eigenvalue weighted by Gasteiger charge is -2.05. The molecular formula is C16H11BrFNO2. The van der Waals surface area contributed by atoms with Crippen LogP contribution in [0.4, 0.5) is 4.39 Å². The number of aromatic nitrogens is 1. The van der Waals surface area contributed by atoms with Gasteiger partial charge in [0.25, 0.3) is 0 Å². The van der Waals surface area contributed by atoms with Crippen molar-refractivity contribution in [1.29, 1.82) is 0 Å². The Hall–Kier alpha value is -2.14. The normalized spacial score (nSPS) is 10.6. The van der Waals surface area contributed by atoms with Gasteiger partial charge in [0.05, 0.1) is 4.47 Å². The summed E-state index contributed by atoms with van der Waals surface area (Å²) in [7, 11) is 0. The van der Waals surface area contributed by atoms with Crippen LogP contribution in [0.5, 0.6) is 5.75 Å². The molecule has 0 fully saturated rings. The molecule has 0 saturated heterocycles. The second-order valence-corrected chi connectivity index (χ2v) is 5.23. The Balaban J connectivity index is 1.72. The van der Waals surface area contributed by atoms with E-state index in [9.17, 15) is 4.39 Å². The fourth-order valence-electron chi connectivity index (χ4n) is 1.84. The summed E-state index contributed by atoms with van der Waals surface area (Å²) >= 11 is 3.41. The molecule has 2 aromatic carbocycles. The van der Waals surface area contributed by atoms with E-state index in [2.05, 4.69) is 20.9 Å². The van der Waals surface area contributed by atoms with Gasteiger partial charge in [-0.05, 0) is 46.3 Å². The monoisotopic (exact) mass is 347 g/mol. The minimum Gasteiger partial charge on any atom is -0.486 e. The molecule has 3 nitrogen and oxygen atoms in total. The van der Waals surface area contributed by atoms with Crippen molar-refractivity contribution in [2.75, 3.05) is 0 Å². The third-order valence-electron chi connectivity index (χ3n) is 2.84. The van der Waals surface area contributed by atoms with Crippen LogP contribution in [0.3, 0.4) is 0 Å². The molecule has 0 aliphatic rings. The molecule has 106 valence electrons. The van der Waals surface area contributed by atoms with E-state index in [-0.39, 0.29) is 12.4 Å². The van der Waals surface area contributed by atoms with E-state index in [1.165, 1.54) is 18.4 Å². The zero-order chi connectivity index (χ0) is 14.7. The zero-order valence-corrected chi connectivity index (χ0v) is 12.5. The van der Waals surface area contributed by atoms with Crippen LogP contribution < -0.4 is 4.74 Å². The Bertz CT molecular complexity index is 757. The van der Waals surface area contributed by atoms with E-state index in [4.69, 9.17) is 9.15 Å². The lowest BCUT2D eigenvalue weighted by Crippen LogP contribution is -1.96. The van der Waals surface area contributed by atoms with Crippen LogP contribution in [0, 0.1) is 5.82 Å².